The van der Waals surface area contributed by atoms with Crippen molar-refractivity contribution >= 4 is 17.3 Å². The van der Waals surface area contributed by atoms with E-state index in [4.69, 9.17) is 11.6 Å². The summed E-state index contributed by atoms with van der Waals surface area (Å²) in [5, 5.41) is 8.06. The van der Waals surface area contributed by atoms with Crippen LogP contribution in [0.25, 0.3) is 0 Å². The van der Waals surface area contributed by atoms with Crippen LogP contribution in [0.5, 0.6) is 0 Å². The Morgan fingerprint density at radius 2 is 2.29 bits per heavy atom. The maximum Gasteiger partial charge on any atom is 0.291 e. The number of nitrogens with zero attached hydrogens (tertiary/aromatic N) is 3. The second-order valence-electron chi connectivity index (χ2n) is 6.11. The zero-order chi connectivity index (χ0) is 14.8. The second kappa shape index (κ2) is 6.36. The molecule has 6 heteroatoms. The zero-order valence-electron chi connectivity index (χ0n) is 12.5. The molecule has 1 saturated carbocycles. The van der Waals surface area contributed by atoms with Crippen LogP contribution in [-0.2, 0) is 6.54 Å². The molecule has 1 saturated heterocycles. The molecule has 1 aliphatic heterocycles. The van der Waals surface area contributed by atoms with Crippen LogP contribution in [0.3, 0.4) is 0 Å². The Balaban J connectivity index is 1.94. The van der Waals surface area contributed by atoms with Crippen LogP contribution >= 0.6 is 11.6 Å². The minimum Gasteiger partial charge on any atom is -0.361 e. The number of anilines is 1. The first-order valence-electron chi connectivity index (χ1n) is 7.93. The Morgan fingerprint density at radius 1 is 1.48 bits per heavy atom. The van der Waals surface area contributed by atoms with Crippen molar-refractivity contribution in [1.82, 2.24) is 15.1 Å². The molecule has 1 atom stereocenters. The monoisotopic (exact) mass is 310 g/mol. The summed E-state index contributed by atoms with van der Waals surface area (Å²) in [5.41, 5.74) is 0.609. The lowest BCUT2D eigenvalue weighted by molar-refractivity contribution is 0.527. The lowest BCUT2D eigenvalue weighted by atomic mass is 10.2. The summed E-state index contributed by atoms with van der Waals surface area (Å²) in [6.07, 6.45) is 6.10. The maximum atomic E-state index is 12.8. The molecule has 116 valence electrons. The predicted molar refractivity (Wildman–Crippen MR) is 85.1 cm³/mol. The van der Waals surface area contributed by atoms with Gasteiger partial charge in [-0.15, -0.1) is 0 Å². The molecule has 1 unspecified atom stereocenters. The fraction of sp³-hybridized carbons (Fsp3) is 0.733. The van der Waals surface area contributed by atoms with Gasteiger partial charge in [0.2, 0.25) is 0 Å². The number of rotatable bonds is 6. The van der Waals surface area contributed by atoms with Gasteiger partial charge in [0, 0.05) is 25.7 Å². The summed E-state index contributed by atoms with van der Waals surface area (Å²) >= 11 is 6.32. The molecule has 21 heavy (non-hydrogen) atoms. The van der Waals surface area contributed by atoms with Gasteiger partial charge in [-0.2, -0.15) is 5.10 Å². The van der Waals surface area contributed by atoms with E-state index in [1.807, 2.05) is 0 Å². The van der Waals surface area contributed by atoms with E-state index >= 15 is 0 Å². The van der Waals surface area contributed by atoms with Crippen molar-refractivity contribution in [3.63, 3.8) is 0 Å². The van der Waals surface area contributed by atoms with Crippen LogP contribution in [0.2, 0.25) is 5.02 Å². The largest absolute Gasteiger partial charge is 0.361 e. The first-order chi connectivity index (χ1) is 10.2. The lowest BCUT2D eigenvalue weighted by Gasteiger charge is -2.30. The van der Waals surface area contributed by atoms with Gasteiger partial charge in [0.1, 0.15) is 5.69 Å². The van der Waals surface area contributed by atoms with E-state index in [1.54, 1.807) is 10.9 Å². The highest BCUT2D eigenvalue weighted by Crippen LogP contribution is 2.30. The number of hydrogen-bond donors (Lipinski definition) is 1. The van der Waals surface area contributed by atoms with Gasteiger partial charge >= 0.3 is 0 Å². The van der Waals surface area contributed by atoms with Gasteiger partial charge in [-0.25, -0.2) is 4.68 Å². The highest BCUT2D eigenvalue weighted by atomic mass is 35.5. The number of halogens is 1. The minimum atomic E-state index is -0.0326. The third kappa shape index (κ3) is 3.24. The van der Waals surface area contributed by atoms with Crippen molar-refractivity contribution < 1.29 is 0 Å². The molecule has 5 nitrogen and oxygen atoms in total. The summed E-state index contributed by atoms with van der Waals surface area (Å²) in [5.74, 6) is 0.622. The second-order valence-corrected chi connectivity index (χ2v) is 6.52. The average Bonchev–Trinajstić information content (AvgIpc) is 3.12. The van der Waals surface area contributed by atoms with Crippen molar-refractivity contribution in [3.05, 3.63) is 21.6 Å². The van der Waals surface area contributed by atoms with Crippen LogP contribution in [0.4, 0.5) is 5.69 Å². The standard InChI is InChI=1S/C15H23ClN4O/c1-2-7-19(12-5-6-17-8-12)14-13(16)9-18-20(15(14)21)10-11-3-4-11/h9,11-12,17H,2-8,10H2,1H3. The van der Waals surface area contributed by atoms with Crippen LogP contribution in [0.15, 0.2) is 11.0 Å². The van der Waals surface area contributed by atoms with Crippen molar-refractivity contribution in [2.24, 2.45) is 5.92 Å². The molecule has 0 spiro atoms. The van der Waals surface area contributed by atoms with E-state index in [0.29, 0.717) is 22.7 Å². The quantitative estimate of drug-likeness (QED) is 0.872. The molecule has 2 aliphatic rings. The number of hydrogen-bond acceptors (Lipinski definition) is 4. The van der Waals surface area contributed by atoms with Gasteiger partial charge < -0.3 is 10.2 Å². The topological polar surface area (TPSA) is 50.2 Å². The molecule has 2 fully saturated rings. The number of aromatic nitrogens is 2. The Bertz CT molecular complexity index is 549. The van der Waals surface area contributed by atoms with Gasteiger partial charge in [0.15, 0.2) is 0 Å². The molecule has 0 radical (unpaired) electrons. The Hall–Kier alpha value is -1.07. The van der Waals surface area contributed by atoms with Gasteiger partial charge in [-0.05, 0) is 38.1 Å². The molecule has 1 aliphatic carbocycles. The van der Waals surface area contributed by atoms with Crippen LogP contribution in [0.1, 0.15) is 32.6 Å². The molecule has 3 rings (SSSR count). The molecule has 2 heterocycles. The third-order valence-electron chi connectivity index (χ3n) is 4.33. The Labute approximate surface area is 130 Å². The van der Waals surface area contributed by atoms with Gasteiger partial charge in [0.05, 0.1) is 11.2 Å². The van der Waals surface area contributed by atoms with Gasteiger partial charge in [-0.1, -0.05) is 18.5 Å². The first kappa shape index (κ1) is 14.9. The third-order valence-corrected chi connectivity index (χ3v) is 4.61. The molecule has 1 N–H and O–H groups in total. The molecule has 1 aromatic heterocycles. The highest BCUT2D eigenvalue weighted by Gasteiger charge is 2.28. The molecular weight excluding hydrogens is 288 g/mol. The normalized spacial score (nSPS) is 21.7. The summed E-state index contributed by atoms with van der Waals surface area (Å²) < 4.78 is 1.60. The Morgan fingerprint density at radius 3 is 2.90 bits per heavy atom. The summed E-state index contributed by atoms with van der Waals surface area (Å²) in [4.78, 5) is 15.0. The highest BCUT2D eigenvalue weighted by molar-refractivity contribution is 6.33. The van der Waals surface area contributed by atoms with Crippen molar-refractivity contribution in [2.45, 2.75) is 45.2 Å². The van der Waals surface area contributed by atoms with E-state index < -0.39 is 0 Å². The van der Waals surface area contributed by atoms with Crippen LogP contribution in [0, 0.1) is 5.92 Å². The molecule has 0 aromatic carbocycles. The summed E-state index contributed by atoms with van der Waals surface area (Å²) in [6, 6.07) is 0.354. The van der Waals surface area contributed by atoms with Gasteiger partial charge in [0.25, 0.3) is 5.56 Å². The maximum absolute atomic E-state index is 12.8. The van der Waals surface area contributed by atoms with E-state index in [2.05, 4.69) is 22.2 Å². The summed E-state index contributed by atoms with van der Waals surface area (Å²) in [7, 11) is 0. The number of nitrogens with one attached hydrogen (secondary N) is 1. The lowest BCUT2D eigenvalue weighted by Crippen LogP contribution is -2.42. The van der Waals surface area contributed by atoms with Crippen molar-refractivity contribution in [2.75, 3.05) is 24.5 Å². The molecule has 0 amide bonds. The van der Waals surface area contributed by atoms with E-state index in [9.17, 15) is 4.79 Å². The van der Waals surface area contributed by atoms with Crippen LogP contribution in [-0.4, -0.2) is 35.5 Å². The van der Waals surface area contributed by atoms with Crippen LogP contribution < -0.4 is 15.8 Å². The minimum absolute atomic E-state index is 0.0326. The van der Waals surface area contributed by atoms with Crippen molar-refractivity contribution in [1.29, 1.82) is 0 Å². The molecule has 0 bridgehead atoms. The predicted octanol–water partition coefficient (Wildman–Crippen LogP) is 1.88. The van der Waals surface area contributed by atoms with Gasteiger partial charge in [-0.3, -0.25) is 4.79 Å². The summed E-state index contributed by atoms with van der Waals surface area (Å²) in [6.45, 7) is 5.64. The fourth-order valence-electron chi connectivity index (χ4n) is 3.02. The zero-order valence-corrected chi connectivity index (χ0v) is 13.3. The fourth-order valence-corrected chi connectivity index (χ4v) is 3.25. The SMILES string of the molecule is CCCN(c1c(Cl)cnn(CC2CC2)c1=O)C1CCNC1. The van der Waals surface area contributed by atoms with E-state index in [-0.39, 0.29) is 5.56 Å². The Kier molecular flexibility index (Phi) is 4.50. The van der Waals surface area contributed by atoms with E-state index in [0.717, 1.165) is 39.0 Å². The molecular formula is C15H23ClN4O. The smallest absolute Gasteiger partial charge is 0.291 e. The first-order valence-corrected chi connectivity index (χ1v) is 8.31. The molecule has 1 aromatic rings. The average molecular weight is 311 g/mol. The van der Waals surface area contributed by atoms with E-state index in [1.165, 1.54) is 12.8 Å². The van der Waals surface area contributed by atoms with Crippen molar-refractivity contribution in [3.8, 4) is 0 Å².